The van der Waals surface area contributed by atoms with Crippen LogP contribution in [0.4, 0.5) is 22.0 Å². The van der Waals surface area contributed by atoms with Gasteiger partial charge in [0.2, 0.25) is 0 Å². The van der Waals surface area contributed by atoms with E-state index in [1.807, 2.05) is 0 Å². The third kappa shape index (κ3) is 5.52. The molecule has 6 heteroatoms. The Morgan fingerprint density at radius 2 is 1.40 bits per heavy atom. The molecule has 164 valence electrons. The molecule has 0 aliphatic heterocycles. The monoisotopic (exact) mass is 426 g/mol. The molecule has 30 heavy (non-hydrogen) atoms. The van der Waals surface area contributed by atoms with E-state index >= 15 is 0 Å². The van der Waals surface area contributed by atoms with Crippen LogP contribution in [0.3, 0.4) is 0 Å². The molecule has 0 heterocycles. The minimum Gasteiger partial charge on any atom is -0.483 e. The second-order valence-corrected chi connectivity index (χ2v) is 8.17. The van der Waals surface area contributed by atoms with Crippen LogP contribution in [0.5, 0.6) is 5.75 Å². The zero-order chi connectivity index (χ0) is 21.7. The molecule has 0 aromatic heterocycles. The van der Waals surface area contributed by atoms with Crippen molar-refractivity contribution in [3.8, 4) is 5.75 Å². The molecule has 0 unspecified atom stereocenters. The molecule has 0 amide bonds. The van der Waals surface area contributed by atoms with E-state index in [1.165, 1.54) is 37.8 Å². The number of benzene rings is 2. The predicted octanol–water partition coefficient (Wildman–Crippen LogP) is 7.82. The second kappa shape index (κ2) is 10.3. The molecule has 0 bridgehead atoms. The van der Waals surface area contributed by atoms with Crippen molar-refractivity contribution >= 4 is 0 Å². The van der Waals surface area contributed by atoms with Gasteiger partial charge in [0.25, 0.3) is 0 Å². The van der Waals surface area contributed by atoms with Crippen LogP contribution in [0, 0.1) is 35.0 Å². The molecule has 0 atom stereocenters. The van der Waals surface area contributed by atoms with Crippen LogP contribution in [0.15, 0.2) is 24.3 Å². The summed E-state index contributed by atoms with van der Waals surface area (Å²) < 4.78 is 74.0. The maximum Gasteiger partial charge on any atom is 0.191 e. The first-order chi connectivity index (χ1) is 14.4. The fourth-order valence-corrected chi connectivity index (χ4v) is 4.24. The van der Waals surface area contributed by atoms with Gasteiger partial charge in [-0.25, -0.2) is 22.0 Å². The van der Waals surface area contributed by atoms with Gasteiger partial charge in [0, 0.05) is 11.6 Å². The minimum atomic E-state index is -1.34. The van der Waals surface area contributed by atoms with E-state index in [4.69, 9.17) is 4.74 Å². The Bertz CT molecular complexity index is 836. The molecule has 1 fully saturated rings. The van der Waals surface area contributed by atoms with Gasteiger partial charge < -0.3 is 4.74 Å². The molecule has 1 saturated carbocycles. The van der Waals surface area contributed by atoms with Gasteiger partial charge in [0.15, 0.2) is 29.0 Å². The van der Waals surface area contributed by atoms with Crippen molar-refractivity contribution in [2.75, 3.05) is 0 Å². The molecular weight excluding hydrogens is 399 g/mol. The Morgan fingerprint density at radius 3 is 2.03 bits per heavy atom. The fourth-order valence-electron chi connectivity index (χ4n) is 4.24. The summed E-state index contributed by atoms with van der Waals surface area (Å²) in [4.78, 5) is 0. The maximum atomic E-state index is 14.5. The fraction of sp³-hybridized carbons (Fsp3) is 0.500. The predicted molar refractivity (Wildman–Crippen MR) is 106 cm³/mol. The van der Waals surface area contributed by atoms with Gasteiger partial charge in [0.1, 0.15) is 12.4 Å². The molecule has 0 saturated heterocycles. The van der Waals surface area contributed by atoms with Gasteiger partial charge in [-0.15, -0.1) is 0 Å². The van der Waals surface area contributed by atoms with Gasteiger partial charge in [-0.05, 0) is 61.3 Å². The molecule has 1 nitrogen and oxygen atoms in total. The topological polar surface area (TPSA) is 9.23 Å². The zero-order valence-electron chi connectivity index (χ0n) is 17.1. The average Bonchev–Trinajstić information content (AvgIpc) is 2.71. The van der Waals surface area contributed by atoms with Gasteiger partial charge in [-0.1, -0.05) is 32.6 Å². The summed E-state index contributed by atoms with van der Waals surface area (Å²) in [5.74, 6) is -5.23. The second-order valence-electron chi connectivity index (χ2n) is 8.17. The summed E-state index contributed by atoms with van der Waals surface area (Å²) in [7, 11) is 0. The normalized spacial score (nSPS) is 19.1. The molecule has 1 aliphatic carbocycles. The number of ether oxygens (including phenoxy) is 1. The van der Waals surface area contributed by atoms with Crippen molar-refractivity contribution in [3.05, 3.63) is 64.5 Å². The maximum absolute atomic E-state index is 14.5. The first-order valence-electron chi connectivity index (χ1n) is 10.6. The summed E-state index contributed by atoms with van der Waals surface area (Å²) in [5.41, 5.74) is 0.279. The van der Waals surface area contributed by atoms with Crippen molar-refractivity contribution in [1.82, 2.24) is 0 Å². The standard InChI is InChI=1S/C24H27F5O/c1-2-3-4-5-15-6-8-16(9-7-15)17-10-22(28)24(23(29)11-17)30-14-18-12-20(26)21(27)13-19(18)25/h10-13,15-16H,2-9,14H2,1H3/t15-,16-. The summed E-state index contributed by atoms with van der Waals surface area (Å²) in [6, 6.07) is 3.53. The molecule has 3 rings (SSSR count). The highest BCUT2D eigenvalue weighted by atomic mass is 19.2. The van der Waals surface area contributed by atoms with Crippen LogP contribution >= 0.6 is 0 Å². The molecule has 0 spiro atoms. The summed E-state index contributed by atoms with van der Waals surface area (Å²) >= 11 is 0. The van der Waals surface area contributed by atoms with E-state index < -0.39 is 41.4 Å². The van der Waals surface area contributed by atoms with E-state index in [0.717, 1.165) is 25.7 Å². The number of halogens is 5. The highest BCUT2D eigenvalue weighted by molar-refractivity contribution is 5.34. The quantitative estimate of drug-likeness (QED) is 0.238. The van der Waals surface area contributed by atoms with Crippen LogP contribution in [-0.4, -0.2) is 0 Å². The van der Waals surface area contributed by atoms with Gasteiger partial charge in [0.05, 0.1) is 0 Å². The van der Waals surface area contributed by atoms with Crippen molar-refractivity contribution in [2.24, 2.45) is 5.92 Å². The molecular formula is C24H27F5O. The number of hydrogen-bond donors (Lipinski definition) is 0. The number of hydrogen-bond acceptors (Lipinski definition) is 1. The Balaban J connectivity index is 1.63. The lowest BCUT2D eigenvalue weighted by atomic mass is 9.77. The van der Waals surface area contributed by atoms with Crippen LogP contribution in [0.2, 0.25) is 0 Å². The van der Waals surface area contributed by atoms with Crippen molar-refractivity contribution in [3.63, 3.8) is 0 Å². The summed E-state index contributed by atoms with van der Waals surface area (Å²) in [5, 5.41) is 0. The first kappa shape index (κ1) is 22.6. The van der Waals surface area contributed by atoms with Gasteiger partial charge >= 0.3 is 0 Å². The van der Waals surface area contributed by atoms with Gasteiger partial charge in [-0.3, -0.25) is 0 Å². The minimum absolute atomic E-state index is 0.106. The highest BCUT2D eigenvalue weighted by Gasteiger charge is 2.24. The Kier molecular flexibility index (Phi) is 7.73. The summed E-state index contributed by atoms with van der Waals surface area (Å²) in [6.07, 6.45) is 8.82. The Labute approximate surface area is 174 Å². The molecule has 0 radical (unpaired) electrons. The van der Waals surface area contributed by atoms with Crippen molar-refractivity contribution < 1.29 is 26.7 Å². The third-order valence-electron chi connectivity index (χ3n) is 6.02. The van der Waals surface area contributed by atoms with E-state index in [-0.39, 0.29) is 11.5 Å². The Hall–Kier alpha value is -2.11. The molecule has 1 aliphatic rings. The van der Waals surface area contributed by atoms with Crippen molar-refractivity contribution in [1.29, 1.82) is 0 Å². The number of unbranched alkanes of at least 4 members (excludes halogenated alkanes) is 2. The largest absolute Gasteiger partial charge is 0.483 e. The Morgan fingerprint density at radius 1 is 0.767 bits per heavy atom. The van der Waals surface area contributed by atoms with Gasteiger partial charge in [-0.2, -0.15) is 0 Å². The average molecular weight is 426 g/mol. The summed E-state index contributed by atoms with van der Waals surface area (Å²) in [6.45, 7) is 1.57. The first-order valence-corrected chi connectivity index (χ1v) is 10.6. The lowest BCUT2D eigenvalue weighted by molar-refractivity contribution is 0.266. The van der Waals surface area contributed by atoms with E-state index in [2.05, 4.69) is 6.92 Å². The van der Waals surface area contributed by atoms with Crippen molar-refractivity contribution in [2.45, 2.75) is 70.8 Å². The van der Waals surface area contributed by atoms with Crippen LogP contribution in [0.25, 0.3) is 0 Å². The lowest BCUT2D eigenvalue weighted by Crippen LogP contribution is -2.14. The molecule has 2 aromatic rings. The molecule has 2 aromatic carbocycles. The van der Waals surface area contributed by atoms with E-state index in [9.17, 15) is 22.0 Å². The van der Waals surface area contributed by atoms with Crippen LogP contribution in [-0.2, 0) is 6.61 Å². The number of rotatable bonds is 8. The lowest BCUT2D eigenvalue weighted by Gasteiger charge is -2.29. The highest BCUT2D eigenvalue weighted by Crippen LogP contribution is 2.39. The van der Waals surface area contributed by atoms with E-state index in [1.54, 1.807) is 0 Å². The van der Waals surface area contributed by atoms with E-state index in [0.29, 0.717) is 23.6 Å². The smallest absolute Gasteiger partial charge is 0.191 e. The van der Waals surface area contributed by atoms with Crippen LogP contribution < -0.4 is 4.74 Å². The zero-order valence-corrected chi connectivity index (χ0v) is 17.1. The SMILES string of the molecule is CCCCC[C@H]1CC[C@H](c2cc(F)c(OCc3cc(F)c(F)cc3F)c(F)c2)CC1. The molecule has 0 N–H and O–H groups in total. The van der Waals surface area contributed by atoms with Crippen LogP contribution in [0.1, 0.15) is 75.3 Å². The third-order valence-corrected chi connectivity index (χ3v) is 6.02.